The average molecular weight is 355 g/mol. The van der Waals surface area contributed by atoms with E-state index in [4.69, 9.17) is 16.0 Å². The Morgan fingerprint density at radius 1 is 1.12 bits per heavy atom. The fraction of sp³-hybridized carbons (Fsp3) is 0. The SMILES string of the molecule is O=C(Nc1nc2cc(-c3ccsc3)ccc2o1)c1cccc(Cl)c1. The lowest BCUT2D eigenvalue weighted by Crippen LogP contribution is -2.11. The first kappa shape index (κ1) is 14.9. The highest BCUT2D eigenvalue weighted by atomic mass is 35.5. The van der Waals surface area contributed by atoms with Crippen LogP contribution in [-0.2, 0) is 0 Å². The molecule has 4 aromatic rings. The van der Waals surface area contributed by atoms with E-state index in [-0.39, 0.29) is 11.9 Å². The van der Waals surface area contributed by atoms with Crippen LogP contribution in [0.2, 0.25) is 5.02 Å². The highest BCUT2D eigenvalue weighted by Crippen LogP contribution is 2.27. The summed E-state index contributed by atoms with van der Waals surface area (Å²) in [5.74, 6) is -0.317. The molecule has 0 spiro atoms. The summed E-state index contributed by atoms with van der Waals surface area (Å²) < 4.78 is 5.59. The van der Waals surface area contributed by atoms with Gasteiger partial charge < -0.3 is 4.42 Å². The fourth-order valence-electron chi connectivity index (χ4n) is 2.39. The number of hydrogen-bond donors (Lipinski definition) is 1. The Morgan fingerprint density at radius 3 is 2.83 bits per heavy atom. The number of rotatable bonds is 3. The van der Waals surface area contributed by atoms with E-state index in [1.54, 1.807) is 35.6 Å². The van der Waals surface area contributed by atoms with E-state index in [0.29, 0.717) is 21.7 Å². The Kier molecular flexibility index (Phi) is 3.80. The van der Waals surface area contributed by atoms with Crippen molar-refractivity contribution < 1.29 is 9.21 Å². The maximum Gasteiger partial charge on any atom is 0.302 e. The lowest BCUT2D eigenvalue weighted by molar-refractivity contribution is 0.102. The third kappa shape index (κ3) is 2.91. The molecule has 0 aliphatic heterocycles. The van der Waals surface area contributed by atoms with Crippen LogP contribution in [0.1, 0.15) is 10.4 Å². The molecular formula is C18H11ClN2O2S. The molecule has 24 heavy (non-hydrogen) atoms. The predicted molar refractivity (Wildman–Crippen MR) is 96.7 cm³/mol. The largest absolute Gasteiger partial charge is 0.423 e. The lowest BCUT2D eigenvalue weighted by atomic mass is 10.1. The smallest absolute Gasteiger partial charge is 0.302 e. The molecule has 0 aliphatic rings. The van der Waals surface area contributed by atoms with Gasteiger partial charge in [-0.25, -0.2) is 0 Å². The maximum atomic E-state index is 12.2. The molecule has 0 fully saturated rings. The number of nitrogens with one attached hydrogen (secondary N) is 1. The van der Waals surface area contributed by atoms with Crippen molar-refractivity contribution in [2.75, 3.05) is 5.32 Å². The zero-order chi connectivity index (χ0) is 16.5. The van der Waals surface area contributed by atoms with Gasteiger partial charge in [-0.3, -0.25) is 10.1 Å². The molecule has 0 aliphatic carbocycles. The first-order chi connectivity index (χ1) is 11.7. The molecule has 0 unspecified atom stereocenters. The maximum absolute atomic E-state index is 12.2. The third-order valence-corrected chi connectivity index (χ3v) is 4.47. The van der Waals surface area contributed by atoms with Crippen LogP contribution < -0.4 is 5.32 Å². The Hall–Kier alpha value is -2.63. The van der Waals surface area contributed by atoms with E-state index < -0.39 is 0 Å². The van der Waals surface area contributed by atoms with Gasteiger partial charge in [0.05, 0.1) is 0 Å². The zero-order valence-corrected chi connectivity index (χ0v) is 13.9. The molecular weight excluding hydrogens is 344 g/mol. The number of hydrogen-bond acceptors (Lipinski definition) is 4. The summed E-state index contributed by atoms with van der Waals surface area (Å²) in [5, 5.41) is 7.26. The van der Waals surface area contributed by atoms with Crippen LogP contribution >= 0.6 is 22.9 Å². The summed E-state index contributed by atoms with van der Waals surface area (Å²) in [5.41, 5.74) is 3.96. The molecule has 1 amide bonds. The van der Waals surface area contributed by atoms with Gasteiger partial charge in [0, 0.05) is 10.6 Å². The molecule has 4 nitrogen and oxygen atoms in total. The number of amides is 1. The van der Waals surface area contributed by atoms with Crippen molar-refractivity contribution in [1.29, 1.82) is 0 Å². The Bertz CT molecular complexity index is 1020. The number of aromatic nitrogens is 1. The van der Waals surface area contributed by atoms with Gasteiger partial charge >= 0.3 is 6.01 Å². The number of carbonyl (C=O) groups excluding carboxylic acids is 1. The van der Waals surface area contributed by atoms with Gasteiger partial charge in [-0.15, -0.1) is 0 Å². The van der Waals surface area contributed by atoms with E-state index in [1.807, 2.05) is 29.6 Å². The van der Waals surface area contributed by atoms with Gasteiger partial charge in [-0.05, 0) is 58.3 Å². The standard InChI is InChI=1S/C18H11ClN2O2S/c19-14-3-1-2-12(8-14)17(22)21-18-20-15-9-11(4-5-16(15)23-18)13-6-7-24-10-13/h1-10H,(H,20,21,22). The highest BCUT2D eigenvalue weighted by molar-refractivity contribution is 7.08. The molecule has 0 saturated heterocycles. The Balaban J connectivity index is 1.62. The molecule has 0 radical (unpaired) electrons. The summed E-state index contributed by atoms with van der Waals surface area (Å²) in [6.07, 6.45) is 0. The molecule has 1 N–H and O–H groups in total. The van der Waals surface area contributed by atoms with Gasteiger partial charge in [0.2, 0.25) is 0 Å². The number of halogens is 1. The number of carbonyl (C=O) groups is 1. The molecule has 0 bridgehead atoms. The molecule has 0 saturated carbocycles. The minimum atomic E-state index is -0.317. The second kappa shape index (κ2) is 6.11. The van der Waals surface area contributed by atoms with Crippen LogP contribution in [-0.4, -0.2) is 10.9 Å². The summed E-state index contributed by atoms with van der Waals surface area (Å²) in [6.45, 7) is 0. The minimum absolute atomic E-state index is 0.164. The first-order valence-electron chi connectivity index (χ1n) is 7.19. The van der Waals surface area contributed by atoms with E-state index >= 15 is 0 Å². The number of thiophene rings is 1. The van der Waals surface area contributed by atoms with Gasteiger partial charge in [0.1, 0.15) is 5.52 Å². The van der Waals surface area contributed by atoms with Crippen LogP contribution in [0.4, 0.5) is 6.01 Å². The quantitative estimate of drug-likeness (QED) is 0.531. The Morgan fingerprint density at radius 2 is 2.04 bits per heavy atom. The second-order valence-corrected chi connectivity index (χ2v) is 6.39. The van der Waals surface area contributed by atoms with Crippen LogP contribution in [0, 0.1) is 0 Å². The molecule has 2 heterocycles. The number of nitrogens with zero attached hydrogens (tertiary/aromatic N) is 1. The lowest BCUT2D eigenvalue weighted by Gasteiger charge is -2.00. The van der Waals surface area contributed by atoms with Crippen LogP contribution in [0.3, 0.4) is 0 Å². The van der Waals surface area contributed by atoms with Crippen molar-refractivity contribution in [3.8, 4) is 11.1 Å². The van der Waals surface area contributed by atoms with Crippen molar-refractivity contribution in [3.63, 3.8) is 0 Å². The zero-order valence-electron chi connectivity index (χ0n) is 12.3. The molecule has 0 atom stereocenters. The average Bonchev–Trinajstić information content (AvgIpc) is 3.23. The molecule has 118 valence electrons. The van der Waals surface area contributed by atoms with Crippen LogP contribution in [0.5, 0.6) is 0 Å². The van der Waals surface area contributed by atoms with Crippen LogP contribution in [0.15, 0.2) is 63.7 Å². The van der Waals surface area contributed by atoms with E-state index in [0.717, 1.165) is 11.1 Å². The Labute approximate surface area is 146 Å². The van der Waals surface area contributed by atoms with Crippen molar-refractivity contribution in [2.45, 2.75) is 0 Å². The number of oxazole rings is 1. The molecule has 2 aromatic heterocycles. The van der Waals surface area contributed by atoms with Gasteiger partial charge in [0.15, 0.2) is 5.58 Å². The summed E-state index contributed by atoms with van der Waals surface area (Å²) in [4.78, 5) is 16.6. The molecule has 4 rings (SSSR count). The van der Waals surface area contributed by atoms with Gasteiger partial charge in [-0.1, -0.05) is 23.7 Å². The van der Waals surface area contributed by atoms with E-state index in [1.165, 1.54) is 0 Å². The summed E-state index contributed by atoms with van der Waals surface area (Å²) in [6, 6.07) is 14.7. The van der Waals surface area contributed by atoms with Crippen LogP contribution in [0.25, 0.3) is 22.2 Å². The monoisotopic (exact) mass is 354 g/mol. The minimum Gasteiger partial charge on any atom is -0.423 e. The fourth-order valence-corrected chi connectivity index (χ4v) is 3.24. The number of fused-ring (bicyclic) bond motifs is 1. The number of anilines is 1. The van der Waals surface area contributed by atoms with Crippen molar-refractivity contribution in [3.05, 3.63) is 69.9 Å². The van der Waals surface area contributed by atoms with Crippen molar-refractivity contribution >= 4 is 46.0 Å². The van der Waals surface area contributed by atoms with Crippen molar-refractivity contribution in [1.82, 2.24) is 4.98 Å². The topological polar surface area (TPSA) is 55.1 Å². The molecule has 2 aromatic carbocycles. The number of benzene rings is 2. The van der Waals surface area contributed by atoms with Gasteiger partial charge in [0.25, 0.3) is 5.91 Å². The van der Waals surface area contributed by atoms with Gasteiger partial charge in [-0.2, -0.15) is 16.3 Å². The van der Waals surface area contributed by atoms with E-state index in [2.05, 4.69) is 15.7 Å². The summed E-state index contributed by atoms with van der Waals surface area (Å²) in [7, 11) is 0. The first-order valence-corrected chi connectivity index (χ1v) is 8.51. The third-order valence-electron chi connectivity index (χ3n) is 3.55. The highest BCUT2D eigenvalue weighted by Gasteiger charge is 2.12. The van der Waals surface area contributed by atoms with E-state index in [9.17, 15) is 4.79 Å². The van der Waals surface area contributed by atoms with Crippen molar-refractivity contribution in [2.24, 2.45) is 0 Å². The predicted octanol–water partition coefficient (Wildman–Crippen LogP) is 5.46. The summed E-state index contributed by atoms with van der Waals surface area (Å²) >= 11 is 7.54. The second-order valence-electron chi connectivity index (χ2n) is 5.18. The normalized spacial score (nSPS) is 10.9. The molecule has 6 heteroatoms.